The van der Waals surface area contributed by atoms with E-state index in [4.69, 9.17) is 27.2 Å². The van der Waals surface area contributed by atoms with Crippen LogP contribution in [0.5, 0.6) is 0 Å². The Labute approximate surface area is 181 Å². The number of anilines is 1. The molecule has 1 aromatic heterocycles. The molecule has 12 heteroatoms. The van der Waals surface area contributed by atoms with Crippen LogP contribution in [0.4, 0.5) is 5.00 Å². The number of hydrogen-bond donors (Lipinski definition) is 3. The van der Waals surface area contributed by atoms with Crippen molar-refractivity contribution < 1.29 is 27.5 Å². The number of esters is 1. The van der Waals surface area contributed by atoms with E-state index >= 15 is 0 Å². The molecule has 160 valence electrons. The summed E-state index contributed by atoms with van der Waals surface area (Å²) in [6.45, 7) is -0.671. The van der Waals surface area contributed by atoms with Gasteiger partial charge in [0, 0.05) is 4.88 Å². The minimum atomic E-state index is -4.05. The Morgan fingerprint density at radius 1 is 1.20 bits per heavy atom. The third kappa shape index (κ3) is 4.81. The van der Waals surface area contributed by atoms with Crippen LogP contribution >= 0.6 is 22.9 Å². The molecule has 3 rings (SSSR count). The average molecular weight is 472 g/mol. The summed E-state index contributed by atoms with van der Waals surface area (Å²) in [5, 5.41) is 7.86. The zero-order valence-electron chi connectivity index (χ0n) is 15.6. The van der Waals surface area contributed by atoms with E-state index in [1.807, 2.05) is 0 Å². The number of nitrogens with two attached hydrogens (primary N) is 2. The summed E-state index contributed by atoms with van der Waals surface area (Å²) < 4.78 is 27.8. The fourth-order valence-electron chi connectivity index (χ4n) is 3.12. The van der Waals surface area contributed by atoms with E-state index in [9.17, 15) is 22.8 Å². The van der Waals surface area contributed by atoms with Crippen molar-refractivity contribution in [3.63, 3.8) is 0 Å². The van der Waals surface area contributed by atoms with Crippen LogP contribution in [-0.2, 0) is 32.4 Å². The molecule has 5 N–H and O–H groups in total. The summed E-state index contributed by atoms with van der Waals surface area (Å²) in [5.41, 5.74) is 6.38. The molecule has 2 aromatic rings. The molecule has 0 aliphatic heterocycles. The molecule has 1 heterocycles. The van der Waals surface area contributed by atoms with Gasteiger partial charge in [0.2, 0.25) is 10.0 Å². The standard InChI is InChI=1S/C18H18ClN3O6S2/c19-12-6-5-9(30(21,26)27)7-11(12)18(25)28-8-14(23)22-17-15(16(20)24)10-3-1-2-4-13(10)29-17/h5-7H,1-4,8H2,(H2,20,24)(H,22,23)(H2,21,26,27). The summed E-state index contributed by atoms with van der Waals surface area (Å²) in [5.74, 6) is -2.31. The molecule has 1 aliphatic carbocycles. The zero-order valence-corrected chi connectivity index (χ0v) is 18.0. The van der Waals surface area contributed by atoms with Crippen molar-refractivity contribution in [3.8, 4) is 0 Å². The molecule has 0 spiro atoms. The maximum atomic E-state index is 12.3. The molecule has 2 amide bonds. The van der Waals surface area contributed by atoms with Gasteiger partial charge in [-0.1, -0.05) is 11.6 Å². The topological polar surface area (TPSA) is 159 Å². The number of aryl methyl sites for hydroxylation is 1. The summed E-state index contributed by atoms with van der Waals surface area (Å²) in [7, 11) is -4.05. The largest absolute Gasteiger partial charge is 0.452 e. The predicted octanol–water partition coefficient (Wildman–Crippen LogP) is 1.82. The van der Waals surface area contributed by atoms with Crippen LogP contribution in [0.3, 0.4) is 0 Å². The third-order valence-corrected chi connectivity index (χ3v) is 6.94. The number of carbonyl (C=O) groups is 3. The van der Waals surface area contributed by atoms with Crippen molar-refractivity contribution >= 4 is 55.7 Å². The number of fused-ring (bicyclic) bond motifs is 1. The van der Waals surface area contributed by atoms with E-state index in [0.717, 1.165) is 41.8 Å². The number of nitrogens with one attached hydrogen (secondary N) is 1. The van der Waals surface area contributed by atoms with Gasteiger partial charge in [-0.25, -0.2) is 18.4 Å². The highest BCUT2D eigenvalue weighted by atomic mass is 35.5. The van der Waals surface area contributed by atoms with Crippen molar-refractivity contribution in [1.29, 1.82) is 0 Å². The molecule has 1 aromatic carbocycles. The summed E-state index contributed by atoms with van der Waals surface area (Å²) in [4.78, 5) is 37.1. The number of rotatable bonds is 6. The molecular weight excluding hydrogens is 454 g/mol. The van der Waals surface area contributed by atoms with Gasteiger partial charge >= 0.3 is 5.97 Å². The lowest BCUT2D eigenvalue weighted by atomic mass is 9.95. The quantitative estimate of drug-likeness (QED) is 0.545. The van der Waals surface area contributed by atoms with Gasteiger partial charge < -0.3 is 15.8 Å². The highest BCUT2D eigenvalue weighted by Gasteiger charge is 2.25. The molecule has 0 saturated carbocycles. The van der Waals surface area contributed by atoms with Crippen molar-refractivity contribution in [3.05, 3.63) is 44.8 Å². The summed E-state index contributed by atoms with van der Waals surface area (Å²) >= 11 is 7.19. The van der Waals surface area contributed by atoms with Crippen molar-refractivity contribution in [1.82, 2.24) is 0 Å². The monoisotopic (exact) mass is 471 g/mol. The molecule has 9 nitrogen and oxygen atoms in total. The number of sulfonamides is 1. The third-order valence-electron chi connectivity index (χ3n) is 4.49. The summed E-state index contributed by atoms with van der Waals surface area (Å²) in [6, 6.07) is 3.30. The Kier molecular flexibility index (Phi) is 6.46. The van der Waals surface area contributed by atoms with Crippen LogP contribution in [0.25, 0.3) is 0 Å². The number of benzene rings is 1. The maximum absolute atomic E-state index is 12.3. The molecule has 0 saturated heterocycles. The van der Waals surface area contributed by atoms with Crippen molar-refractivity contribution in [2.75, 3.05) is 11.9 Å². The van der Waals surface area contributed by atoms with Gasteiger partial charge in [-0.3, -0.25) is 9.59 Å². The minimum Gasteiger partial charge on any atom is -0.452 e. The highest BCUT2D eigenvalue weighted by molar-refractivity contribution is 7.89. The average Bonchev–Trinajstić information content (AvgIpc) is 3.03. The van der Waals surface area contributed by atoms with E-state index < -0.39 is 34.4 Å². The second kappa shape index (κ2) is 8.72. The maximum Gasteiger partial charge on any atom is 0.340 e. The van der Waals surface area contributed by atoms with Crippen LogP contribution in [0.2, 0.25) is 5.02 Å². The number of primary sulfonamides is 1. The molecule has 1 aliphatic rings. The Hall–Kier alpha value is -2.47. The van der Waals surface area contributed by atoms with Gasteiger partial charge in [-0.05, 0) is 49.4 Å². The number of amides is 2. The molecule has 0 radical (unpaired) electrons. The number of hydrogen-bond acceptors (Lipinski definition) is 7. The zero-order chi connectivity index (χ0) is 22.1. The summed E-state index contributed by atoms with van der Waals surface area (Å²) in [6.07, 6.45) is 3.46. The predicted molar refractivity (Wildman–Crippen MR) is 111 cm³/mol. The Morgan fingerprint density at radius 2 is 1.90 bits per heavy atom. The first kappa shape index (κ1) is 22.2. The fraction of sp³-hybridized carbons (Fsp3) is 0.278. The smallest absolute Gasteiger partial charge is 0.340 e. The lowest BCUT2D eigenvalue weighted by Gasteiger charge is -2.11. The number of halogens is 1. The van der Waals surface area contributed by atoms with Gasteiger partial charge in [0.1, 0.15) is 5.00 Å². The number of carbonyl (C=O) groups excluding carboxylic acids is 3. The van der Waals surface area contributed by atoms with Crippen LogP contribution in [-0.4, -0.2) is 32.8 Å². The van der Waals surface area contributed by atoms with Gasteiger partial charge in [0.25, 0.3) is 11.8 Å². The number of primary amides is 1. The SMILES string of the molecule is NC(=O)c1c(NC(=O)COC(=O)c2cc(S(N)(=O)=O)ccc2Cl)sc2c1CCCC2. The Balaban J connectivity index is 1.71. The first-order valence-electron chi connectivity index (χ1n) is 8.81. The van der Waals surface area contributed by atoms with Crippen molar-refractivity contribution in [2.24, 2.45) is 10.9 Å². The van der Waals surface area contributed by atoms with Gasteiger partial charge in [0.05, 0.1) is 21.0 Å². The molecule has 0 bridgehead atoms. The molecule has 0 fully saturated rings. The van der Waals surface area contributed by atoms with E-state index in [1.165, 1.54) is 17.4 Å². The van der Waals surface area contributed by atoms with E-state index in [0.29, 0.717) is 17.0 Å². The van der Waals surface area contributed by atoms with Crippen LogP contribution in [0, 0.1) is 0 Å². The van der Waals surface area contributed by atoms with Gasteiger partial charge in [-0.2, -0.15) is 0 Å². The normalized spacial score (nSPS) is 13.4. The molecular formula is C18H18ClN3O6S2. The molecule has 30 heavy (non-hydrogen) atoms. The first-order chi connectivity index (χ1) is 14.1. The van der Waals surface area contributed by atoms with E-state index in [-0.39, 0.29) is 15.5 Å². The van der Waals surface area contributed by atoms with Crippen molar-refractivity contribution in [2.45, 2.75) is 30.6 Å². The Morgan fingerprint density at radius 3 is 2.57 bits per heavy atom. The highest BCUT2D eigenvalue weighted by Crippen LogP contribution is 2.37. The Bertz CT molecular complexity index is 1140. The number of thiophene rings is 1. The molecule has 0 unspecified atom stereocenters. The molecule has 0 atom stereocenters. The second-order valence-electron chi connectivity index (χ2n) is 6.59. The van der Waals surface area contributed by atoms with Crippen LogP contribution in [0.1, 0.15) is 44.0 Å². The second-order valence-corrected chi connectivity index (χ2v) is 9.66. The lowest BCUT2D eigenvalue weighted by molar-refractivity contribution is -0.119. The lowest BCUT2D eigenvalue weighted by Crippen LogP contribution is -2.23. The van der Waals surface area contributed by atoms with Gasteiger partial charge in [0.15, 0.2) is 6.61 Å². The van der Waals surface area contributed by atoms with Crippen LogP contribution in [0.15, 0.2) is 23.1 Å². The first-order valence-corrected chi connectivity index (χ1v) is 11.6. The van der Waals surface area contributed by atoms with E-state index in [2.05, 4.69) is 5.32 Å². The number of ether oxygens (including phenoxy) is 1. The van der Waals surface area contributed by atoms with Crippen LogP contribution < -0.4 is 16.2 Å². The van der Waals surface area contributed by atoms with E-state index in [1.54, 1.807) is 0 Å². The fourth-order valence-corrected chi connectivity index (χ4v) is 5.17. The minimum absolute atomic E-state index is 0.0604. The van der Waals surface area contributed by atoms with Gasteiger partial charge in [-0.15, -0.1) is 11.3 Å².